The van der Waals surface area contributed by atoms with E-state index in [0.717, 1.165) is 43.1 Å². The Balaban J connectivity index is 0.00000264. The number of aliphatic imine (C=N–C) groups is 1. The highest BCUT2D eigenvalue weighted by Crippen LogP contribution is 2.30. The molecule has 1 saturated heterocycles. The summed E-state index contributed by atoms with van der Waals surface area (Å²) in [6.07, 6.45) is 2.05. The summed E-state index contributed by atoms with van der Waals surface area (Å²) in [7, 11) is 3.34. The number of benzene rings is 1. The highest BCUT2D eigenvalue weighted by Gasteiger charge is 2.20. The lowest BCUT2D eigenvalue weighted by Gasteiger charge is -2.34. The van der Waals surface area contributed by atoms with Gasteiger partial charge < -0.3 is 25.4 Å². The Morgan fingerprint density at radius 3 is 2.26 bits per heavy atom. The number of hydrogen-bond acceptors (Lipinski definition) is 4. The van der Waals surface area contributed by atoms with Crippen molar-refractivity contribution in [3.8, 4) is 11.5 Å². The van der Waals surface area contributed by atoms with E-state index in [0.29, 0.717) is 18.5 Å². The van der Waals surface area contributed by atoms with Crippen molar-refractivity contribution in [2.45, 2.75) is 25.8 Å². The van der Waals surface area contributed by atoms with Gasteiger partial charge in [0.2, 0.25) is 0 Å². The van der Waals surface area contributed by atoms with Crippen molar-refractivity contribution in [3.05, 3.63) is 18.2 Å². The number of rotatable bonds is 5. The molecule has 0 saturated carbocycles. The molecule has 6 nitrogen and oxygen atoms in total. The molecule has 1 aliphatic heterocycles. The van der Waals surface area contributed by atoms with Crippen molar-refractivity contribution in [1.29, 1.82) is 0 Å². The van der Waals surface area contributed by atoms with Crippen LogP contribution in [-0.4, -0.2) is 45.9 Å². The average Bonchev–Trinajstić information content (AvgIpc) is 2.55. The second-order valence-corrected chi connectivity index (χ2v) is 5.34. The van der Waals surface area contributed by atoms with Crippen LogP contribution in [0.5, 0.6) is 11.5 Å². The maximum atomic E-state index is 5.83. The molecule has 1 aliphatic rings. The molecule has 0 aliphatic carbocycles. The average molecular weight is 434 g/mol. The van der Waals surface area contributed by atoms with E-state index in [-0.39, 0.29) is 24.0 Å². The molecule has 0 radical (unpaired) electrons. The summed E-state index contributed by atoms with van der Waals surface area (Å²) < 4.78 is 10.7. The van der Waals surface area contributed by atoms with Gasteiger partial charge in [-0.2, -0.15) is 0 Å². The van der Waals surface area contributed by atoms with Gasteiger partial charge in [0, 0.05) is 49.6 Å². The van der Waals surface area contributed by atoms with E-state index in [9.17, 15) is 0 Å². The summed E-state index contributed by atoms with van der Waals surface area (Å²) in [5, 5.41) is 3.29. The van der Waals surface area contributed by atoms with Crippen molar-refractivity contribution in [2.24, 2.45) is 10.7 Å². The fraction of sp³-hybridized carbons (Fsp3) is 0.562. The minimum atomic E-state index is 0. The molecular formula is C16H27IN4O2. The van der Waals surface area contributed by atoms with E-state index in [2.05, 4.69) is 15.2 Å². The van der Waals surface area contributed by atoms with Crippen molar-refractivity contribution < 1.29 is 9.47 Å². The van der Waals surface area contributed by atoms with Gasteiger partial charge in [-0.15, -0.1) is 24.0 Å². The number of guanidine groups is 1. The topological polar surface area (TPSA) is 72.1 Å². The molecule has 1 fully saturated rings. The maximum absolute atomic E-state index is 5.83. The quantitative estimate of drug-likeness (QED) is 0.423. The molecule has 2 rings (SSSR count). The standard InChI is InChI=1S/C16H26N4O2.HI/c1-4-18-16(17)19-12-5-7-20(8-6-12)13-9-14(21-2)11-15(10-13)22-3;/h9-12H,4-8H2,1-3H3,(H3,17,18,19);1H. The van der Waals surface area contributed by atoms with E-state index in [4.69, 9.17) is 15.2 Å². The van der Waals surface area contributed by atoms with Crippen LogP contribution in [0.2, 0.25) is 0 Å². The first-order chi connectivity index (χ1) is 10.7. The Morgan fingerprint density at radius 1 is 1.22 bits per heavy atom. The molecule has 0 bridgehead atoms. The zero-order chi connectivity index (χ0) is 15.9. The van der Waals surface area contributed by atoms with Crippen LogP contribution >= 0.6 is 24.0 Å². The lowest BCUT2D eigenvalue weighted by molar-refractivity contribution is 0.393. The first kappa shape index (κ1) is 19.7. The predicted octanol–water partition coefficient (Wildman–Crippen LogP) is 2.21. The number of hydrogen-bond donors (Lipinski definition) is 2. The Labute approximate surface area is 155 Å². The molecule has 3 N–H and O–H groups in total. The van der Waals surface area contributed by atoms with Gasteiger partial charge in [-0.1, -0.05) is 0 Å². The third-order valence-corrected chi connectivity index (χ3v) is 3.88. The number of ether oxygens (including phenoxy) is 2. The molecule has 1 aromatic carbocycles. The molecule has 130 valence electrons. The van der Waals surface area contributed by atoms with Crippen molar-refractivity contribution in [3.63, 3.8) is 0 Å². The fourth-order valence-electron chi connectivity index (χ4n) is 2.68. The number of halogens is 1. The number of methoxy groups -OCH3 is 2. The van der Waals surface area contributed by atoms with E-state index in [1.807, 2.05) is 25.1 Å². The van der Waals surface area contributed by atoms with Gasteiger partial charge in [0.1, 0.15) is 11.5 Å². The van der Waals surface area contributed by atoms with Gasteiger partial charge in [-0.25, -0.2) is 0 Å². The lowest BCUT2D eigenvalue weighted by Crippen LogP contribution is -2.47. The molecule has 0 unspecified atom stereocenters. The summed E-state index contributed by atoms with van der Waals surface area (Å²) in [5.41, 5.74) is 6.96. The normalized spacial score (nSPS) is 15.8. The second-order valence-electron chi connectivity index (χ2n) is 5.34. The Bertz CT molecular complexity index is 495. The van der Waals surface area contributed by atoms with Gasteiger partial charge in [-0.05, 0) is 19.8 Å². The van der Waals surface area contributed by atoms with Gasteiger partial charge in [0.15, 0.2) is 5.96 Å². The number of nitrogens with two attached hydrogens (primary N) is 1. The predicted molar refractivity (Wildman–Crippen MR) is 105 cm³/mol. The molecule has 23 heavy (non-hydrogen) atoms. The lowest BCUT2D eigenvalue weighted by atomic mass is 10.0. The van der Waals surface area contributed by atoms with Gasteiger partial charge in [0.05, 0.1) is 14.2 Å². The monoisotopic (exact) mass is 434 g/mol. The molecule has 0 spiro atoms. The number of piperidine rings is 1. The number of nitrogens with zero attached hydrogens (tertiary/aromatic N) is 2. The SMILES string of the molecule is CCN=C(N)NC1CCN(c2cc(OC)cc(OC)c2)CC1.I. The molecule has 1 heterocycles. The van der Waals surface area contributed by atoms with Gasteiger partial charge >= 0.3 is 0 Å². The first-order valence-corrected chi connectivity index (χ1v) is 7.70. The van der Waals surface area contributed by atoms with Crippen LogP contribution in [0.25, 0.3) is 0 Å². The molecule has 1 aromatic rings. The van der Waals surface area contributed by atoms with Crippen LogP contribution < -0.4 is 25.4 Å². The van der Waals surface area contributed by atoms with E-state index >= 15 is 0 Å². The van der Waals surface area contributed by atoms with Crippen molar-refractivity contribution in [1.82, 2.24) is 5.32 Å². The van der Waals surface area contributed by atoms with Crippen molar-refractivity contribution in [2.75, 3.05) is 38.8 Å². The third kappa shape index (κ3) is 5.63. The molecular weight excluding hydrogens is 407 g/mol. The number of anilines is 1. The number of nitrogens with one attached hydrogen (secondary N) is 1. The minimum absolute atomic E-state index is 0. The highest BCUT2D eigenvalue weighted by molar-refractivity contribution is 14.0. The van der Waals surface area contributed by atoms with Crippen LogP contribution in [0.3, 0.4) is 0 Å². The third-order valence-electron chi connectivity index (χ3n) is 3.88. The van der Waals surface area contributed by atoms with E-state index in [1.54, 1.807) is 14.2 Å². The summed E-state index contributed by atoms with van der Waals surface area (Å²) in [4.78, 5) is 6.52. The summed E-state index contributed by atoms with van der Waals surface area (Å²) in [6, 6.07) is 6.37. The first-order valence-electron chi connectivity index (χ1n) is 7.70. The Kier molecular flexibility index (Phi) is 8.29. The smallest absolute Gasteiger partial charge is 0.188 e. The zero-order valence-corrected chi connectivity index (χ0v) is 16.4. The van der Waals surface area contributed by atoms with Crippen LogP contribution in [-0.2, 0) is 0 Å². The van der Waals surface area contributed by atoms with Gasteiger partial charge in [-0.3, -0.25) is 4.99 Å². The van der Waals surface area contributed by atoms with Crippen molar-refractivity contribution >= 4 is 35.6 Å². The van der Waals surface area contributed by atoms with Crippen LogP contribution in [0.15, 0.2) is 23.2 Å². The summed E-state index contributed by atoms with van der Waals surface area (Å²) >= 11 is 0. The molecule has 0 aromatic heterocycles. The largest absolute Gasteiger partial charge is 0.497 e. The molecule has 0 amide bonds. The highest BCUT2D eigenvalue weighted by atomic mass is 127. The summed E-state index contributed by atoms with van der Waals surface area (Å²) in [5.74, 6) is 2.17. The Morgan fingerprint density at radius 2 is 1.78 bits per heavy atom. The van der Waals surface area contributed by atoms with E-state index in [1.165, 1.54) is 0 Å². The molecule has 7 heteroatoms. The summed E-state index contributed by atoms with van der Waals surface area (Å²) in [6.45, 7) is 4.62. The second kappa shape index (κ2) is 9.69. The zero-order valence-electron chi connectivity index (χ0n) is 14.0. The fourth-order valence-corrected chi connectivity index (χ4v) is 2.68. The maximum Gasteiger partial charge on any atom is 0.188 e. The minimum Gasteiger partial charge on any atom is -0.497 e. The van der Waals surface area contributed by atoms with Crippen LogP contribution in [0, 0.1) is 0 Å². The van der Waals surface area contributed by atoms with Crippen LogP contribution in [0.1, 0.15) is 19.8 Å². The van der Waals surface area contributed by atoms with Crippen LogP contribution in [0.4, 0.5) is 5.69 Å². The Hall–Kier alpha value is -1.38. The van der Waals surface area contributed by atoms with E-state index < -0.39 is 0 Å². The van der Waals surface area contributed by atoms with Gasteiger partial charge in [0.25, 0.3) is 0 Å². The molecule has 0 atom stereocenters.